The molecule has 4 heteroatoms. The molecule has 3 unspecified atom stereocenters. The van der Waals surface area contributed by atoms with Gasteiger partial charge in [-0.2, -0.15) is 0 Å². The third kappa shape index (κ3) is 3.19. The number of piperidine rings is 1. The van der Waals surface area contributed by atoms with Crippen molar-refractivity contribution in [2.75, 3.05) is 27.3 Å². The van der Waals surface area contributed by atoms with Crippen molar-refractivity contribution in [2.45, 2.75) is 38.8 Å². The Morgan fingerprint density at radius 3 is 2.88 bits per heavy atom. The van der Waals surface area contributed by atoms with Crippen molar-refractivity contribution in [1.82, 2.24) is 10.2 Å². The van der Waals surface area contributed by atoms with Gasteiger partial charge in [0.15, 0.2) is 0 Å². The summed E-state index contributed by atoms with van der Waals surface area (Å²) in [5, 5.41) is 3.31. The maximum absolute atomic E-state index is 12.2. The SMILES string of the molecule is COCC(C)N(C)C(=O)C1NCCCC1C. The predicted molar refractivity (Wildman–Crippen MR) is 64.3 cm³/mol. The summed E-state index contributed by atoms with van der Waals surface area (Å²) in [5.74, 6) is 0.621. The fraction of sp³-hybridized carbons (Fsp3) is 0.917. The molecule has 0 aromatic carbocycles. The van der Waals surface area contributed by atoms with Crippen molar-refractivity contribution >= 4 is 5.91 Å². The van der Waals surface area contributed by atoms with Gasteiger partial charge in [-0.25, -0.2) is 0 Å². The summed E-state index contributed by atoms with van der Waals surface area (Å²) in [6, 6.07) is 0.117. The minimum atomic E-state index is -0.0157. The average Bonchev–Trinajstić information content (AvgIpc) is 2.28. The highest BCUT2D eigenvalue weighted by molar-refractivity contribution is 5.82. The highest BCUT2D eigenvalue weighted by Gasteiger charge is 2.30. The van der Waals surface area contributed by atoms with Crippen LogP contribution in [0.1, 0.15) is 26.7 Å². The van der Waals surface area contributed by atoms with Crippen molar-refractivity contribution in [3.05, 3.63) is 0 Å². The summed E-state index contributed by atoms with van der Waals surface area (Å²) in [6.07, 6.45) is 2.30. The molecule has 1 rings (SSSR count). The van der Waals surface area contributed by atoms with Gasteiger partial charge in [-0.05, 0) is 32.2 Å². The van der Waals surface area contributed by atoms with E-state index in [-0.39, 0.29) is 18.0 Å². The summed E-state index contributed by atoms with van der Waals surface area (Å²) >= 11 is 0. The molecule has 0 radical (unpaired) electrons. The molecule has 16 heavy (non-hydrogen) atoms. The molecule has 1 aliphatic rings. The second-order valence-corrected chi connectivity index (χ2v) is 4.80. The Hall–Kier alpha value is -0.610. The van der Waals surface area contributed by atoms with Crippen LogP contribution in [0.5, 0.6) is 0 Å². The third-order valence-corrected chi connectivity index (χ3v) is 3.45. The summed E-state index contributed by atoms with van der Waals surface area (Å²) in [4.78, 5) is 14.0. The van der Waals surface area contributed by atoms with E-state index in [1.54, 1.807) is 12.0 Å². The van der Waals surface area contributed by atoms with Gasteiger partial charge in [0.25, 0.3) is 0 Å². The molecule has 1 fully saturated rings. The lowest BCUT2D eigenvalue weighted by atomic mass is 9.91. The van der Waals surface area contributed by atoms with Crippen LogP contribution in [0.25, 0.3) is 0 Å². The van der Waals surface area contributed by atoms with Crippen LogP contribution in [0.3, 0.4) is 0 Å². The lowest BCUT2D eigenvalue weighted by molar-refractivity contribution is -0.136. The van der Waals surface area contributed by atoms with Gasteiger partial charge in [0.05, 0.1) is 18.7 Å². The number of hydrogen-bond donors (Lipinski definition) is 1. The summed E-state index contributed by atoms with van der Waals surface area (Å²) in [5.41, 5.74) is 0. The first-order valence-electron chi connectivity index (χ1n) is 6.07. The number of nitrogens with one attached hydrogen (secondary N) is 1. The number of amides is 1. The third-order valence-electron chi connectivity index (χ3n) is 3.45. The zero-order valence-corrected chi connectivity index (χ0v) is 10.8. The topological polar surface area (TPSA) is 41.6 Å². The van der Waals surface area contributed by atoms with Crippen LogP contribution in [0, 0.1) is 5.92 Å². The van der Waals surface area contributed by atoms with Gasteiger partial charge in [0, 0.05) is 14.2 Å². The maximum atomic E-state index is 12.2. The largest absolute Gasteiger partial charge is 0.383 e. The molecule has 0 aliphatic carbocycles. The zero-order valence-electron chi connectivity index (χ0n) is 10.8. The van der Waals surface area contributed by atoms with Crippen LogP contribution in [0.15, 0.2) is 0 Å². The Balaban J connectivity index is 2.54. The van der Waals surface area contributed by atoms with E-state index in [0.717, 1.165) is 13.0 Å². The molecule has 3 atom stereocenters. The van der Waals surface area contributed by atoms with E-state index in [1.165, 1.54) is 6.42 Å². The smallest absolute Gasteiger partial charge is 0.240 e. The number of carbonyl (C=O) groups excluding carboxylic acids is 1. The molecule has 1 heterocycles. The van der Waals surface area contributed by atoms with Gasteiger partial charge in [-0.3, -0.25) is 4.79 Å². The fourth-order valence-electron chi connectivity index (χ4n) is 2.17. The molecular weight excluding hydrogens is 204 g/mol. The molecule has 0 aromatic heterocycles. The molecule has 1 N–H and O–H groups in total. The van der Waals surface area contributed by atoms with Gasteiger partial charge in [-0.15, -0.1) is 0 Å². The Bertz CT molecular complexity index is 233. The van der Waals surface area contributed by atoms with Crippen molar-refractivity contribution < 1.29 is 9.53 Å². The predicted octanol–water partition coefficient (Wildman–Crippen LogP) is 0.868. The van der Waals surface area contributed by atoms with Gasteiger partial charge in [-0.1, -0.05) is 6.92 Å². The number of nitrogens with zero attached hydrogens (tertiary/aromatic N) is 1. The maximum Gasteiger partial charge on any atom is 0.240 e. The van der Waals surface area contributed by atoms with Crippen LogP contribution in [0.4, 0.5) is 0 Å². The quantitative estimate of drug-likeness (QED) is 0.776. The van der Waals surface area contributed by atoms with Gasteiger partial charge in [0.1, 0.15) is 0 Å². The first-order chi connectivity index (χ1) is 7.57. The Kier molecular flexibility index (Phi) is 5.22. The Labute approximate surface area is 98.3 Å². The van der Waals surface area contributed by atoms with Crippen molar-refractivity contribution in [3.63, 3.8) is 0 Å². The molecule has 94 valence electrons. The van der Waals surface area contributed by atoms with E-state index in [9.17, 15) is 4.79 Å². The Morgan fingerprint density at radius 1 is 1.62 bits per heavy atom. The van der Waals surface area contributed by atoms with Crippen molar-refractivity contribution in [1.29, 1.82) is 0 Å². The first-order valence-corrected chi connectivity index (χ1v) is 6.07. The highest BCUT2D eigenvalue weighted by atomic mass is 16.5. The van der Waals surface area contributed by atoms with Crippen LogP contribution in [-0.2, 0) is 9.53 Å². The number of carbonyl (C=O) groups is 1. The van der Waals surface area contributed by atoms with Crippen LogP contribution in [-0.4, -0.2) is 50.2 Å². The second kappa shape index (κ2) is 6.21. The monoisotopic (exact) mass is 228 g/mol. The number of hydrogen-bond acceptors (Lipinski definition) is 3. The van der Waals surface area contributed by atoms with Crippen LogP contribution >= 0.6 is 0 Å². The molecule has 0 spiro atoms. The molecule has 1 saturated heterocycles. The normalized spacial score (nSPS) is 27.5. The molecule has 0 aromatic rings. The van der Waals surface area contributed by atoms with E-state index < -0.39 is 0 Å². The molecular formula is C12H24N2O2. The molecule has 0 bridgehead atoms. The highest BCUT2D eigenvalue weighted by Crippen LogP contribution is 2.17. The van der Waals surface area contributed by atoms with E-state index in [0.29, 0.717) is 12.5 Å². The zero-order chi connectivity index (χ0) is 12.1. The van der Waals surface area contributed by atoms with E-state index >= 15 is 0 Å². The van der Waals surface area contributed by atoms with Crippen LogP contribution in [0.2, 0.25) is 0 Å². The average molecular weight is 228 g/mol. The van der Waals surface area contributed by atoms with Gasteiger partial charge >= 0.3 is 0 Å². The molecule has 1 aliphatic heterocycles. The lowest BCUT2D eigenvalue weighted by Crippen LogP contribution is -2.53. The lowest BCUT2D eigenvalue weighted by Gasteiger charge is -2.34. The standard InChI is InChI=1S/C12H24N2O2/c1-9-6-5-7-13-11(9)12(15)14(3)10(2)8-16-4/h9-11,13H,5-8H2,1-4H3. The van der Waals surface area contributed by atoms with E-state index in [1.807, 2.05) is 14.0 Å². The summed E-state index contributed by atoms with van der Waals surface area (Å²) < 4.78 is 5.07. The summed E-state index contributed by atoms with van der Waals surface area (Å²) in [7, 11) is 3.52. The number of likely N-dealkylation sites (N-methyl/N-ethyl adjacent to an activating group) is 1. The van der Waals surface area contributed by atoms with Gasteiger partial charge in [0.2, 0.25) is 5.91 Å². The van der Waals surface area contributed by atoms with E-state index in [2.05, 4.69) is 12.2 Å². The molecule has 0 saturated carbocycles. The summed E-state index contributed by atoms with van der Waals surface area (Å²) in [6.45, 7) is 5.69. The number of methoxy groups -OCH3 is 1. The minimum absolute atomic E-state index is 0.0157. The van der Waals surface area contributed by atoms with Crippen LogP contribution < -0.4 is 5.32 Å². The Morgan fingerprint density at radius 2 is 2.31 bits per heavy atom. The fourth-order valence-corrected chi connectivity index (χ4v) is 2.17. The van der Waals surface area contributed by atoms with Crippen molar-refractivity contribution in [3.8, 4) is 0 Å². The van der Waals surface area contributed by atoms with Gasteiger partial charge < -0.3 is 15.0 Å². The van der Waals surface area contributed by atoms with Crippen molar-refractivity contribution in [2.24, 2.45) is 5.92 Å². The number of ether oxygens (including phenoxy) is 1. The first kappa shape index (κ1) is 13.5. The van der Waals surface area contributed by atoms with E-state index in [4.69, 9.17) is 4.74 Å². The minimum Gasteiger partial charge on any atom is -0.383 e. The molecule has 1 amide bonds. The second-order valence-electron chi connectivity index (χ2n) is 4.80. The molecule has 4 nitrogen and oxygen atoms in total. The number of rotatable bonds is 4.